The van der Waals surface area contributed by atoms with Gasteiger partial charge >= 0.3 is 0 Å². The normalized spacial score (nSPS) is 11.0. The number of rotatable bonds is 5. The van der Waals surface area contributed by atoms with Crippen LogP contribution in [0, 0.1) is 0 Å². The molecule has 0 N–H and O–H groups in total. The van der Waals surface area contributed by atoms with Crippen LogP contribution >= 0.6 is 11.7 Å². The van der Waals surface area contributed by atoms with Gasteiger partial charge in [-0.25, -0.2) is 4.57 Å². The quantitative estimate of drug-likeness (QED) is 0.613. The minimum atomic E-state index is 0.533. The Morgan fingerprint density at radius 2 is 2.28 bits per heavy atom. The number of allylic oxidation sites excluding steroid dienone is 1. The molecule has 4 nitrogen and oxygen atoms in total. The molecule has 0 aliphatic rings. The number of pyridine rings is 1. The number of nitrogens with zero attached hydrogens (tertiary/aromatic N) is 3. The molecule has 0 aliphatic heterocycles. The van der Waals surface area contributed by atoms with Crippen LogP contribution in [0.25, 0.3) is 11.3 Å². The maximum absolute atomic E-state index is 5.61. The van der Waals surface area contributed by atoms with Crippen molar-refractivity contribution in [1.29, 1.82) is 0 Å². The molecule has 5 heteroatoms. The van der Waals surface area contributed by atoms with E-state index in [-0.39, 0.29) is 0 Å². The fourth-order valence-corrected chi connectivity index (χ4v) is 2.06. The molecule has 2 rings (SSSR count). The van der Waals surface area contributed by atoms with Crippen molar-refractivity contribution in [2.45, 2.75) is 13.3 Å². The Morgan fingerprint density at radius 3 is 3.06 bits per heavy atom. The van der Waals surface area contributed by atoms with Crippen LogP contribution in [-0.2, 0) is 7.05 Å². The molecule has 0 fully saturated rings. The van der Waals surface area contributed by atoms with Gasteiger partial charge in [0.15, 0.2) is 18.1 Å². The Balaban J connectivity index is 2.15. The smallest absolute Gasteiger partial charge is 0.254 e. The molecule has 2 aromatic heterocycles. The molecule has 0 saturated carbocycles. The van der Waals surface area contributed by atoms with Gasteiger partial charge in [-0.1, -0.05) is 19.1 Å². The summed E-state index contributed by atoms with van der Waals surface area (Å²) >= 11 is 1.17. The van der Waals surface area contributed by atoms with Crippen LogP contribution in [0.2, 0.25) is 0 Å². The predicted octanol–water partition coefficient (Wildman–Crippen LogP) is 2.37. The summed E-state index contributed by atoms with van der Waals surface area (Å²) in [6.45, 7) is 2.63. The summed E-state index contributed by atoms with van der Waals surface area (Å²) in [6, 6.07) is 3.99. The second-order valence-corrected chi connectivity index (χ2v) is 4.40. The molecule has 94 valence electrons. The lowest BCUT2D eigenvalue weighted by Gasteiger charge is -2.01. The molecule has 0 bridgehead atoms. The van der Waals surface area contributed by atoms with E-state index in [4.69, 9.17) is 4.74 Å². The van der Waals surface area contributed by atoms with E-state index in [0.29, 0.717) is 12.5 Å². The zero-order chi connectivity index (χ0) is 12.8. The van der Waals surface area contributed by atoms with Crippen LogP contribution < -0.4 is 9.30 Å². The molecule has 18 heavy (non-hydrogen) atoms. The molecule has 0 aromatic carbocycles. The van der Waals surface area contributed by atoms with Crippen molar-refractivity contribution in [2.24, 2.45) is 7.05 Å². The van der Waals surface area contributed by atoms with Gasteiger partial charge in [0.2, 0.25) is 0 Å². The third-order valence-electron chi connectivity index (χ3n) is 2.39. The molecule has 2 heterocycles. The number of ether oxygens (including phenoxy) is 1. The number of hydrogen-bond donors (Lipinski definition) is 0. The lowest BCUT2D eigenvalue weighted by Crippen LogP contribution is -2.26. The van der Waals surface area contributed by atoms with Gasteiger partial charge in [0.25, 0.3) is 5.88 Å². The van der Waals surface area contributed by atoms with E-state index < -0.39 is 0 Å². The van der Waals surface area contributed by atoms with Crippen molar-refractivity contribution >= 4 is 11.7 Å². The molecule has 0 amide bonds. The number of hydrogen-bond acceptors (Lipinski definition) is 4. The Morgan fingerprint density at radius 1 is 1.39 bits per heavy atom. The van der Waals surface area contributed by atoms with Crippen LogP contribution in [0.4, 0.5) is 0 Å². The first-order valence-corrected chi connectivity index (χ1v) is 6.60. The zero-order valence-electron chi connectivity index (χ0n) is 10.5. The van der Waals surface area contributed by atoms with Crippen molar-refractivity contribution < 1.29 is 9.30 Å². The lowest BCUT2D eigenvalue weighted by molar-refractivity contribution is -0.671. The largest absolute Gasteiger partial charge is 0.471 e. The monoisotopic (exact) mass is 262 g/mol. The van der Waals surface area contributed by atoms with E-state index >= 15 is 0 Å². The summed E-state index contributed by atoms with van der Waals surface area (Å²) in [5, 5.41) is 0. The third-order valence-corrected chi connectivity index (χ3v) is 2.90. The van der Waals surface area contributed by atoms with Crippen LogP contribution in [0.3, 0.4) is 0 Å². The van der Waals surface area contributed by atoms with Crippen molar-refractivity contribution in [3.8, 4) is 17.1 Å². The first-order valence-electron chi connectivity index (χ1n) is 5.87. The van der Waals surface area contributed by atoms with Gasteiger partial charge in [0.05, 0.1) is 17.3 Å². The van der Waals surface area contributed by atoms with E-state index in [1.54, 1.807) is 0 Å². The van der Waals surface area contributed by atoms with E-state index in [1.165, 1.54) is 11.7 Å². The highest BCUT2D eigenvalue weighted by atomic mass is 32.1. The highest BCUT2D eigenvalue weighted by Crippen LogP contribution is 2.26. The fraction of sp³-hybridized carbons (Fsp3) is 0.308. The average molecular weight is 262 g/mol. The van der Waals surface area contributed by atoms with Gasteiger partial charge in [-0.05, 0) is 12.5 Å². The second-order valence-electron chi connectivity index (χ2n) is 3.87. The van der Waals surface area contributed by atoms with E-state index in [2.05, 4.69) is 21.7 Å². The van der Waals surface area contributed by atoms with Gasteiger partial charge in [0, 0.05) is 6.07 Å². The minimum absolute atomic E-state index is 0.533. The molecule has 0 radical (unpaired) electrons. The molecular weight excluding hydrogens is 246 g/mol. The zero-order valence-corrected chi connectivity index (χ0v) is 11.4. The van der Waals surface area contributed by atoms with Crippen LogP contribution in [-0.4, -0.2) is 15.4 Å². The average Bonchev–Trinajstić information content (AvgIpc) is 2.83. The van der Waals surface area contributed by atoms with Gasteiger partial charge in [-0.15, -0.1) is 4.37 Å². The molecule has 2 aromatic rings. The lowest BCUT2D eigenvalue weighted by atomic mass is 10.2. The van der Waals surface area contributed by atoms with Gasteiger partial charge in [-0.3, -0.25) is 0 Å². The molecule has 0 atom stereocenters. The molecule has 0 unspecified atom stereocenters. The number of aryl methyl sites for hydroxylation is 1. The second kappa shape index (κ2) is 6.26. The van der Waals surface area contributed by atoms with Crippen LogP contribution in [0.15, 0.2) is 36.7 Å². The predicted molar refractivity (Wildman–Crippen MR) is 71.4 cm³/mol. The fourth-order valence-electron chi connectivity index (χ4n) is 1.54. The molecular formula is C13H16N3OS+. The van der Waals surface area contributed by atoms with Crippen molar-refractivity contribution in [1.82, 2.24) is 8.75 Å². The maximum atomic E-state index is 5.61. The summed E-state index contributed by atoms with van der Waals surface area (Å²) in [5.74, 6) is 0.604. The summed E-state index contributed by atoms with van der Waals surface area (Å²) in [6.07, 6.45) is 9.06. The van der Waals surface area contributed by atoms with Crippen LogP contribution in [0.5, 0.6) is 5.88 Å². The summed E-state index contributed by atoms with van der Waals surface area (Å²) < 4.78 is 16.1. The van der Waals surface area contributed by atoms with Crippen molar-refractivity contribution in [3.63, 3.8) is 0 Å². The third kappa shape index (κ3) is 3.13. The van der Waals surface area contributed by atoms with Gasteiger partial charge in [-0.2, -0.15) is 4.37 Å². The summed E-state index contributed by atoms with van der Waals surface area (Å²) in [5.41, 5.74) is 1.82. The summed E-state index contributed by atoms with van der Waals surface area (Å²) in [4.78, 5) is 0. The maximum Gasteiger partial charge on any atom is 0.254 e. The highest BCUT2D eigenvalue weighted by molar-refractivity contribution is 6.99. The molecule has 0 aliphatic carbocycles. The first-order chi connectivity index (χ1) is 8.81. The van der Waals surface area contributed by atoms with E-state index in [1.807, 2.05) is 42.2 Å². The van der Waals surface area contributed by atoms with Gasteiger partial charge < -0.3 is 4.74 Å². The van der Waals surface area contributed by atoms with E-state index in [9.17, 15) is 0 Å². The Kier molecular flexibility index (Phi) is 4.41. The SMILES string of the molecule is CCC=CCOc1nsnc1-c1ccc[n+](C)c1. The van der Waals surface area contributed by atoms with E-state index in [0.717, 1.165) is 17.7 Å². The standard InChI is InChI=1S/C13H16N3OS/c1-3-4-5-9-17-13-12(14-18-15-13)11-7-6-8-16(2)10-11/h4-8,10H,3,9H2,1-2H3/q+1. The Hall–Kier alpha value is -1.75. The minimum Gasteiger partial charge on any atom is -0.471 e. The Bertz CT molecular complexity index is 537. The highest BCUT2D eigenvalue weighted by Gasteiger charge is 2.13. The van der Waals surface area contributed by atoms with Gasteiger partial charge in [0.1, 0.15) is 13.7 Å². The van der Waals surface area contributed by atoms with Crippen molar-refractivity contribution in [2.75, 3.05) is 6.61 Å². The van der Waals surface area contributed by atoms with Crippen molar-refractivity contribution in [3.05, 3.63) is 36.7 Å². The summed E-state index contributed by atoms with van der Waals surface area (Å²) in [7, 11) is 1.98. The Labute approximate surface area is 111 Å². The number of aromatic nitrogens is 3. The first kappa shape index (κ1) is 12.7. The van der Waals surface area contributed by atoms with Crippen LogP contribution in [0.1, 0.15) is 13.3 Å². The molecule has 0 spiro atoms. The molecule has 0 saturated heterocycles. The topological polar surface area (TPSA) is 38.9 Å².